The van der Waals surface area contributed by atoms with E-state index in [0.717, 1.165) is 0 Å². The van der Waals surface area contributed by atoms with Crippen molar-refractivity contribution in [2.75, 3.05) is 13.7 Å². The van der Waals surface area contributed by atoms with Crippen LogP contribution in [0.5, 0.6) is 11.5 Å². The van der Waals surface area contributed by atoms with Crippen molar-refractivity contribution >= 4 is 11.0 Å². The molecule has 0 aliphatic carbocycles. The molecule has 0 unspecified atom stereocenters. The maximum atomic E-state index is 12.9. The monoisotopic (exact) mass is 430 g/mol. The van der Waals surface area contributed by atoms with E-state index in [2.05, 4.69) is 0 Å². The number of aliphatic hydroxyl groups is 4. The van der Waals surface area contributed by atoms with Gasteiger partial charge in [0.2, 0.25) is 6.29 Å². The maximum absolute atomic E-state index is 12.9. The lowest BCUT2D eigenvalue weighted by atomic mass is 9.99. The fourth-order valence-corrected chi connectivity index (χ4v) is 3.47. The van der Waals surface area contributed by atoms with E-state index >= 15 is 0 Å². The van der Waals surface area contributed by atoms with Crippen LogP contribution in [0.15, 0.2) is 57.7 Å². The number of rotatable bonds is 5. The van der Waals surface area contributed by atoms with Gasteiger partial charge in [-0.25, -0.2) is 0 Å². The summed E-state index contributed by atoms with van der Waals surface area (Å²) in [5.41, 5.74) is 0.494. The zero-order valence-corrected chi connectivity index (χ0v) is 16.5. The molecule has 1 saturated heterocycles. The van der Waals surface area contributed by atoms with Gasteiger partial charge in [0.15, 0.2) is 5.43 Å². The Balaban J connectivity index is 1.78. The van der Waals surface area contributed by atoms with E-state index in [4.69, 9.17) is 18.6 Å². The molecule has 3 aromatic rings. The Morgan fingerprint density at radius 3 is 2.42 bits per heavy atom. The highest BCUT2D eigenvalue weighted by Gasteiger charge is 2.45. The van der Waals surface area contributed by atoms with Crippen molar-refractivity contribution in [1.29, 1.82) is 0 Å². The summed E-state index contributed by atoms with van der Waals surface area (Å²) < 4.78 is 22.3. The molecule has 5 atom stereocenters. The molecule has 4 rings (SSSR count). The molecule has 2 heterocycles. The second-order valence-electron chi connectivity index (χ2n) is 7.15. The Morgan fingerprint density at radius 1 is 1.00 bits per heavy atom. The quantitative estimate of drug-likeness (QED) is 0.459. The van der Waals surface area contributed by atoms with Gasteiger partial charge >= 0.3 is 0 Å². The Bertz CT molecular complexity index is 1110. The Hall–Kier alpha value is -2.95. The highest BCUT2D eigenvalue weighted by atomic mass is 16.7. The van der Waals surface area contributed by atoms with E-state index in [1.54, 1.807) is 12.1 Å². The highest BCUT2D eigenvalue weighted by Crippen LogP contribution is 2.34. The molecule has 4 N–H and O–H groups in total. The first-order valence-corrected chi connectivity index (χ1v) is 9.61. The van der Waals surface area contributed by atoms with Crippen LogP contribution in [0.4, 0.5) is 0 Å². The maximum Gasteiger partial charge on any atom is 0.229 e. The van der Waals surface area contributed by atoms with Gasteiger partial charge in [0.1, 0.15) is 52.6 Å². The fourth-order valence-electron chi connectivity index (χ4n) is 3.47. The van der Waals surface area contributed by atoms with Crippen molar-refractivity contribution in [3.8, 4) is 22.8 Å². The summed E-state index contributed by atoms with van der Waals surface area (Å²) in [6, 6.07) is 13.4. The molecule has 0 saturated carbocycles. The van der Waals surface area contributed by atoms with Crippen molar-refractivity contribution in [2.45, 2.75) is 30.7 Å². The second kappa shape index (κ2) is 8.66. The van der Waals surface area contributed by atoms with E-state index in [1.165, 1.54) is 25.3 Å². The van der Waals surface area contributed by atoms with Crippen LogP contribution in [0.25, 0.3) is 22.3 Å². The lowest BCUT2D eigenvalue weighted by Gasteiger charge is -2.39. The van der Waals surface area contributed by atoms with Gasteiger partial charge in [0, 0.05) is 23.8 Å². The number of hydrogen-bond acceptors (Lipinski definition) is 9. The minimum Gasteiger partial charge on any atom is -0.496 e. The number of hydrogen-bond donors (Lipinski definition) is 4. The van der Waals surface area contributed by atoms with Gasteiger partial charge in [-0.2, -0.15) is 0 Å². The van der Waals surface area contributed by atoms with E-state index in [9.17, 15) is 25.2 Å². The third-order valence-corrected chi connectivity index (χ3v) is 5.15. The molecule has 1 aromatic heterocycles. The van der Waals surface area contributed by atoms with Crippen LogP contribution in [-0.2, 0) is 4.74 Å². The molecular weight excluding hydrogens is 408 g/mol. The molecule has 1 fully saturated rings. The number of ether oxygens (including phenoxy) is 3. The Morgan fingerprint density at radius 2 is 1.74 bits per heavy atom. The number of aliphatic hydroxyl groups excluding tert-OH is 4. The largest absolute Gasteiger partial charge is 0.496 e. The minimum atomic E-state index is -1.63. The average Bonchev–Trinajstić information content (AvgIpc) is 2.79. The lowest BCUT2D eigenvalue weighted by molar-refractivity contribution is -0.277. The number of methoxy groups -OCH3 is 1. The van der Waals surface area contributed by atoms with E-state index in [1.807, 2.05) is 18.2 Å². The van der Waals surface area contributed by atoms with Crippen LogP contribution in [0.2, 0.25) is 0 Å². The van der Waals surface area contributed by atoms with Gasteiger partial charge in [-0.3, -0.25) is 4.79 Å². The van der Waals surface area contributed by atoms with Crippen LogP contribution < -0.4 is 14.9 Å². The summed E-state index contributed by atoms with van der Waals surface area (Å²) in [5.74, 6) is 0.664. The molecule has 31 heavy (non-hydrogen) atoms. The Kier molecular flexibility index (Phi) is 5.94. The predicted molar refractivity (Wildman–Crippen MR) is 109 cm³/mol. The first kappa shape index (κ1) is 21.3. The van der Waals surface area contributed by atoms with Gasteiger partial charge in [0.25, 0.3) is 0 Å². The average molecular weight is 430 g/mol. The SMILES string of the molecule is COc1cc(O[C@@H]2O[C@H](CO)[C@@H](O)[C@H](O)[C@H]2O)c2c(=O)cc(-c3ccccc3)oc2c1. The summed E-state index contributed by atoms with van der Waals surface area (Å²) in [6.45, 7) is -0.605. The first-order valence-electron chi connectivity index (χ1n) is 9.61. The van der Waals surface area contributed by atoms with Crippen molar-refractivity contribution < 1.29 is 39.1 Å². The number of benzene rings is 2. The second-order valence-corrected chi connectivity index (χ2v) is 7.15. The molecule has 0 radical (unpaired) electrons. The van der Waals surface area contributed by atoms with E-state index in [0.29, 0.717) is 17.1 Å². The third kappa shape index (κ3) is 4.01. The van der Waals surface area contributed by atoms with Crippen LogP contribution in [0.1, 0.15) is 0 Å². The van der Waals surface area contributed by atoms with Crippen LogP contribution in [0, 0.1) is 0 Å². The van der Waals surface area contributed by atoms with Crippen LogP contribution in [-0.4, -0.2) is 64.8 Å². The van der Waals surface area contributed by atoms with E-state index < -0.39 is 42.7 Å². The molecule has 164 valence electrons. The van der Waals surface area contributed by atoms with Crippen LogP contribution in [0.3, 0.4) is 0 Å². The lowest BCUT2D eigenvalue weighted by Crippen LogP contribution is -2.60. The molecule has 1 aliphatic heterocycles. The molecule has 1 aliphatic rings. The van der Waals surface area contributed by atoms with E-state index in [-0.39, 0.29) is 16.7 Å². The summed E-state index contributed by atoms with van der Waals surface area (Å²) in [6.07, 6.45) is -7.38. The molecule has 0 spiro atoms. The van der Waals surface area contributed by atoms with Gasteiger partial charge in [-0.05, 0) is 0 Å². The standard InChI is InChI=1S/C22H22O9/c1-28-12-7-15-18(13(24)9-14(29-15)11-5-3-2-4-6-11)16(8-12)30-22-21(27)20(26)19(25)17(10-23)31-22/h2-9,17,19-23,25-27H,10H2,1H3/t17-,19-,20+,21-,22-/m1/s1. The summed E-state index contributed by atoms with van der Waals surface area (Å²) in [4.78, 5) is 12.9. The zero-order chi connectivity index (χ0) is 22.1. The van der Waals surface area contributed by atoms with Gasteiger partial charge in [0.05, 0.1) is 13.7 Å². The van der Waals surface area contributed by atoms with Gasteiger partial charge in [-0.1, -0.05) is 30.3 Å². The summed E-state index contributed by atoms with van der Waals surface area (Å²) in [7, 11) is 1.43. The molecule has 9 heteroatoms. The topological polar surface area (TPSA) is 139 Å². The predicted octanol–water partition coefficient (Wildman–Crippen LogP) is 0.647. The highest BCUT2D eigenvalue weighted by molar-refractivity contribution is 5.86. The minimum absolute atomic E-state index is 0.00737. The third-order valence-electron chi connectivity index (χ3n) is 5.15. The smallest absolute Gasteiger partial charge is 0.229 e. The molecular formula is C22H22O9. The van der Waals surface area contributed by atoms with Gasteiger partial charge < -0.3 is 39.1 Å². The Labute approximate surface area is 176 Å². The number of fused-ring (bicyclic) bond motifs is 1. The normalized spacial score (nSPS) is 26.0. The van der Waals surface area contributed by atoms with Crippen molar-refractivity contribution in [3.05, 3.63) is 58.8 Å². The first-order chi connectivity index (χ1) is 14.9. The molecule has 2 aromatic carbocycles. The summed E-state index contributed by atoms with van der Waals surface area (Å²) in [5, 5.41) is 39.7. The van der Waals surface area contributed by atoms with Gasteiger partial charge in [-0.15, -0.1) is 0 Å². The van der Waals surface area contributed by atoms with Crippen LogP contribution >= 0.6 is 0 Å². The fraction of sp³-hybridized carbons (Fsp3) is 0.318. The van der Waals surface area contributed by atoms with Crippen molar-refractivity contribution in [1.82, 2.24) is 0 Å². The molecule has 0 bridgehead atoms. The zero-order valence-electron chi connectivity index (χ0n) is 16.5. The molecule has 0 amide bonds. The molecule has 9 nitrogen and oxygen atoms in total. The summed E-state index contributed by atoms with van der Waals surface area (Å²) >= 11 is 0. The van der Waals surface area contributed by atoms with Crippen molar-refractivity contribution in [3.63, 3.8) is 0 Å². The van der Waals surface area contributed by atoms with Crippen molar-refractivity contribution in [2.24, 2.45) is 0 Å².